The van der Waals surface area contributed by atoms with Crippen LogP contribution in [0.4, 0.5) is 5.13 Å². The van der Waals surface area contributed by atoms with Crippen molar-refractivity contribution >= 4 is 32.6 Å². The number of carbonyl (C=O) groups is 1. The second-order valence-corrected chi connectivity index (χ2v) is 7.61. The van der Waals surface area contributed by atoms with Crippen LogP contribution in [-0.4, -0.2) is 49.1 Å². The first-order valence-corrected chi connectivity index (χ1v) is 10.4. The monoisotopic (exact) mass is 397 g/mol. The molecule has 6 heteroatoms. The lowest BCUT2D eigenvalue weighted by atomic mass is 10.1. The molecular weight excluding hydrogens is 370 g/mol. The molecule has 3 aromatic rings. The SMILES string of the molecule is CCN(CC)CCN(C(=O)c1ccccc1C)c1nc2c(OC)cccc2s1. The Bertz CT molecular complexity index is 950. The fraction of sp³-hybridized carbons (Fsp3) is 0.364. The summed E-state index contributed by atoms with van der Waals surface area (Å²) in [7, 11) is 1.64. The van der Waals surface area contributed by atoms with Gasteiger partial charge in [0.25, 0.3) is 5.91 Å². The molecule has 0 aliphatic heterocycles. The number of aromatic nitrogens is 1. The van der Waals surface area contributed by atoms with Crippen molar-refractivity contribution in [3.63, 3.8) is 0 Å². The van der Waals surface area contributed by atoms with Crippen LogP contribution in [0.1, 0.15) is 29.8 Å². The number of para-hydroxylation sites is 1. The highest BCUT2D eigenvalue weighted by atomic mass is 32.1. The van der Waals surface area contributed by atoms with Gasteiger partial charge in [-0.25, -0.2) is 4.98 Å². The number of hydrogen-bond acceptors (Lipinski definition) is 5. The number of methoxy groups -OCH3 is 1. The lowest BCUT2D eigenvalue weighted by Gasteiger charge is -2.25. The number of thiazole rings is 1. The van der Waals surface area contributed by atoms with Crippen LogP contribution in [-0.2, 0) is 0 Å². The summed E-state index contributed by atoms with van der Waals surface area (Å²) in [5.74, 6) is 0.718. The van der Waals surface area contributed by atoms with E-state index in [0.29, 0.717) is 17.2 Å². The molecule has 28 heavy (non-hydrogen) atoms. The van der Waals surface area contributed by atoms with E-state index in [2.05, 4.69) is 18.7 Å². The Kier molecular flexibility index (Phi) is 6.65. The Morgan fingerprint density at radius 2 is 1.82 bits per heavy atom. The standard InChI is InChI=1S/C22H27N3O2S/c1-5-24(6-2)14-15-25(21(26)17-11-8-7-10-16(17)3)22-23-20-18(27-4)12-9-13-19(20)28-22/h7-13H,5-6,14-15H2,1-4H3. The van der Waals surface area contributed by atoms with Crippen molar-refractivity contribution in [3.8, 4) is 5.75 Å². The van der Waals surface area contributed by atoms with E-state index in [0.717, 1.165) is 41.2 Å². The van der Waals surface area contributed by atoms with Gasteiger partial charge in [-0.15, -0.1) is 0 Å². The minimum absolute atomic E-state index is 0.0109. The Labute approximate surface area is 170 Å². The Hall–Kier alpha value is -2.44. The van der Waals surface area contributed by atoms with Crippen molar-refractivity contribution in [3.05, 3.63) is 53.6 Å². The molecule has 0 aliphatic rings. The third-order valence-electron chi connectivity index (χ3n) is 4.98. The molecule has 3 rings (SSSR count). The average molecular weight is 398 g/mol. The smallest absolute Gasteiger partial charge is 0.260 e. The summed E-state index contributed by atoms with van der Waals surface area (Å²) >= 11 is 1.53. The number of amides is 1. The molecule has 0 atom stereocenters. The number of benzene rings is 2. The summed E-state index contributed by atoms with van der Waals surface area (Å²) in [4.78, 5) is 22.3. The highest BCUT2D eigenvalue weighted by molar-refractivity contribution is 7.22. The molecule has 148 valence electrons. The molecular formula is C22H27N3O2S. The number of likely N-dealkylation sites (N-methyl/N-ethyl adjacent to an activating group) is 1. The molecule has 0 aliphatic carbocycles. The molecule has 1 heterocycles. The van der Waals surface area contributed by atoms with Gasteiger partial charge in [0, 0.05) is 18.7 Å². The van der Waals surface area contributed by atoms with E-state index in [4.69, 9.17) is 9.72 Å². The fourth-order valence-electron chi connectivity index (χ4n) is 3.22. The minimum atomic E-state index is -0.0109. The van der Waals surface area contributed by atoms with Crippen molar-refractivity contribution < 1.29 is 9.53 Å². The van der Waals surface area contributed by atoms with Crippen LogP contribution >= 0.6 is 11.3 Å². The lowest BCUT2D eigenvalue weighted by Crippen LogP contribution is -2.39. The molecule has 0 saturated carbocycles. The van der Waals surface area contributed by atoms with E-state index >= 15 is 0 Å². The van der Waals surface area contributed by atoms with Crippen molar-refractivity contribution in [2.24, 2.45) is 0 Å². The first-order chi connectivity index (χ1) is 13.6. The Morgan fingerprint density at radius 1 is 1.07 bits per heavy atom. The summed E-state index contributed by atoms with van der Waals surface area (Å²) < 4.78 is 6.46. The molecule has 1 aromatic heterocycles. The maximum absolute atomic E-state index is 13.4. The molecule has 1 amide bonds. The van der Waals surface area contributed by atoms with Crippen LogP contribution in [0, 0.1) is 6.92 Å². The molecule has 5 nitrogen and oxygen atoms in total. The first-order valence-electron chi connectivity index (χ1n) is 9.62. The summed E-state index contributed by atoms with van der Waals surface area (Å²) in [6, 6.07) is 13.6. The van der Waals surface area contributed by atoms with E-state index in [1.807, 2.05) is 54.3 Å². The van der Waals surface area contributed by atoms with Crippen LogP contribution in [0.25, 0.3) is 10.2 Å². The number of rotatable bonds is 8. The number of anilines is 1. The quantitative estimate of drug-likeness (QED) is 0.557. The van der Waals surface area contributed by atoms with Gasteiger partial charge in [-0.1, -0.05) is 49.4 Å². The van der Waals surface area contributed by atoms with E-state index < -0.39 is 0 Å². The normalized spacial score (nSPS) is 11.2. The van der Waals surface area contributed by atoms with Gasteiger partial charge in [-0.2, -0.15) is 0 Å². The number of ether oxygens (including phenoxy) is 1. The van der Waals surface area contributed by atoms with Crippen molar-refractivity contribution in [2.75, 3.05) is 38.2 Å². The van der Waals surface area contributed by atoms with Crippen LogP contribution in [0.3, 0.4) is 0 Å². The third-order valence-corrected chi connectivity index (χ3v) is 6.02. The van der Waals surface area contributed by atoms with Gasteiger partial charge in [0.1, 0.15) is 11.3 Å². The van der Waals surface area contributed by atoms with Gasteiger partial charge in [-0.3, -0.25) is 9.69 Å². The molecule has 0 spiro atoms. The fourth-order valence-corrected chi connectivity index (χ4v) is 4.22. The van der Waals surface area contributed by atoms with E-state index in [9.17, 15) is 4.79 Å². The Morgan fingerprint density at radius 3 is 2.50 bits per heavy atom. The van der Waals surface area contributed by atoms with Gasteiger partial charge >= 0.3 is 0 Å². The minimum Gasteiger partial charge on any atom is -0.494 e. The maximum atomic E-state index is 13.4. The molecule has 0 N–H and O–H groups in total. The molecule has 2 aromatic carbocycles. The molecule has 0 saturated heterocycles. The largest absolute Gasteiger partial charge is 0.494 e. The Balaban J connectivity index is 2.00. The van der Waals surface area contributed by atoms with Crippen LogP contribution in [0.2, 0.25) is 0 Å². The first kappa shape index (κ1) is 20.3. The summed E-state index contributed by atoms with van der Waals surface area (Å²) in [5, 5.41) is 0.708. The van der Waals surface area contributed by atoms with E-state index in [1.165, 1.54) is 11.3 Å². The number of carbonyl (C=O) groups excluding carboxylic acids is 1. The highest BCUT2D eigenvalue weighted by Crippen LogP contribution is 2.34. The molecule has 0 bridgehead atoms. The zero-order valence-corrected chi connectivity index (χ0v) is 17.8. The van der Waals surface area contributed by atoms with Gasteiger partial charge in [0.2, 0.25) is 0 Å². The zero-order valence-electron chi connectivity index (χ0n) is 16.9. The second-order valence-electron chi connectivity index (χ2n) is 6.60. The van der Waals surface area contributed by atoms with Gasteiger partial charge in [0.15, 0.2) is 5.13 Å². The number of nitrogens with zero attached hydrogens (tertiary/aromatic N) is 3. The second kappa shape index (κ2) is 9.17. The van der Waals surface area contributed by atoms with Crippen LogP contribution in [0.5, 0.6) is 5.75 Å². The van der Waals surface area contributed by atoms with Crippen molar-refractivity contribution in [2.45, 2.75) is 20.8 Å². The summed E-state index contributed by atoms with van der Waals surface area (Å²) in [6.45, 7) is 9.55. The third kappa shape index (κ3) is 4.18. The topological polar surface area (TPSA) is 45.7 Å². The molecule has 0 radical (unpaired) electrons. The van der Waals surface area contributed by atoms with Gasteiger partial charge < -0.3 is 9.64 Å². The molecule has 0 fully saturated rings. The maximum Gasteiger partial charge on any atom is 0.260 e. The lowest BCUT2D eigenvalue weighted by molar-refractivity contribution is 0.0983. The van der Waals surface area contributed by atoms with Gasteiger partial charge in [0.05, 0.1) is 11.8 Å². The van der Waals surface area contributed by atoms with Crippen molar-refractivity contribution in [1.82, 2.24) is 9.88 Å². The summed E-state index contributed by atoms with van der Waals surface area (Å²) in [5.41, 5.74) is 2.49. The number of hydrogen-bond donors (Lipinski definition) is 0. The predicted octanol–water partition coefficient (Wildman–Crippen LogP) is 4.60. The van der Waals surface area contributed by atoms with Gasteiger partial charge in [-0.05, 0) is 43.8 Å². The average Bonchev–Trinajstić information content (AvgIpc) is 3.15. The van der Waals surface area contributed by atoms with Crippen molar-refractivity contribution in [1.29, 1.82) is 0 Å². The van der Waals surface area contributed by atoms with Crippen LogP contribution < -0.4 is 9.64 Å². The number of aryl methyl sites for hydroxylation is 1. The summed E-state index contributed by atoms with van der Waals surface area (Å²) in [6.07, 6.45) is 0. The molecule has 0 unspecified atom stereocenters. The van der Waals surface area contributed by atoms with Crippen LogP contribution in [0.15, 0.2) is 42.5 Å². The number of fused-ring (bicyclic) bond motifs is 1. The zero-order chi connectivity index (χ0) is 20.1. The predicted molar refractivity (Wildman–Crippen MR) is 117 cm³/mol. The van der Waals surface area contributed by atoms with E-state index in [1.54, 1.807) is 7.11 Å². The highest BCUT2D eigenvalue weighted by Gasteiger charge is 2.23. The van der Waals surface area contributed by atoms with E-state index in [-0.39, 0.29) is 5.91 Å².